The third-order valence-electron chi connectivity index (χ3n) is 4.92. The number of para-hydroxylation sites is 1. The second-order valence-corrected chi connectivity index (χ2v) is 7.60. The summed E-state index contributed by atoms with van der Waals surface area (Å²) in [6.07, 6.45) is 1.90. The number of aromatic nitrogens is 2. The predicted octanol–water partition coefficient (Wildman–Crippen LogP) is 2.67. The first-order valence-electron chi connectivity index (χ1n) is 10.0. The van der Waals surface area contributed by atoms with E-state index in [1.165, 1.54) is 0 Å². The molecule has 0 spiro atoms. The van der Waals surface area contributed by atoms with Gasteiger partial charge in [0.25, 0.3) is 5.91 Å². The fourth-order valence-electron chi connectivity index (χ4n) is 3.32. The number of carbonyl (C=O) groups excluding carboxylic acids is 2. The van der Waals surface area contributed by atoms with Gasteiger partial charge in [0.05, 0.1) is 17.8 Å². The van der Waals surface area contributed by atoms with Gasteiger partial charge in [0.2, 0.25) is 11.9 Å². The maximum atomic E-state index is 12.2. The first-order valence-corrected chi connectivity index (χ1v) is 10.0. The van der Waals surface area contributed by atoms with E-state index in [0.717, 1.165) is 34.7 Å². The lowest BCUT2D eigenvalue weighted by molar-refractivity contribution is -0.115. The van der Waals surface area contributed by atoms with Gasteiger partial charge in [-0.2, -0.15) is 0 Å². The van der Waals surface area contributed by atoms with E-state index >= 15 is 0 Å². The zero-order chi connectivity index (χ0) is 21.8. The Balaban J connectivity index is 1.51. The van der Waals surface area contributed by atoms with Gasteiger partial charge >= 0.3 is 0 Å². The van der Waals surface area contributed by atoms with Crippen LogP contribution in [0.1, 0.15) is 15.9 Å². The fourth-order valence-corrected chi connectivity index (χ4v) is 3.32. The van der Waals surface area contributed by atoms with Crippen molar-refractivity contribution in [1.82, 2.24) is 20.2 Å². The highest BCUT2D eigenvalue weighted by Crippen LogP contribution is 2.32. The number of nitrogens with zero attached hydrogens (tertiary/aromatic N) is 3. The molecule has 0 radical (unpaired) electrons. The third-order valence-corrected chi connectivity index (χ3v) is 4.92. The number of carbonyl (C=O) groups is 2. The summed E-state index contributed by atoms with van der Waals surface area (Å²) in [6.45, 7) is 1.37. The Kier molecular flexibility index (Phi) is 5.90. The summed E-state index contributed by atoms with van der Waals surface area (Å²) < 4.78 is 0. The Morgan fingerprint density at radius 3 is 2.68 bits per heavy atom. The number of anilines is 3. The van der Waals surface area contributed by atoms with Gasteiger partial charge < -0.3 is 20.9 Å². The van der Waals surface area contributed by atoms with E-state index in [-0.39, 0.29) is 18.2 Å². The van der Waals surface area contributed by atoms with Crippen molar-refractivity contribution in [3.63, 3.8) is 0 Å². The summed E-state index contributed by atoms with van der Waals surface area (Å²) in [7, 11) is 3.92. The lowest BCUT2D eigenvalue weighted by Crippen LogP contribution is -2.31. The predicted molar refractivity (Wildman–Crippen MR) is 120 cm³/mol. The largest absolute Gasteiger partial charge is 0.351 e. The standard InChI is InChI=1S/C23H24N6O2/c1-29(2)12-11-24-22(31)15-7-9-17(10-8-15)26-23-25-14-16-13-20(30)27-19-6-4-3-5-18(19)21(16)28-23/h3-10,14H,11-13H2,1-2H3,(H,24,31)(H,27,30)(H,25,26,28). The Bertz CT molecular complexity index is 1110. The quantitative estimate of drug-likeness (QED) is 0.571. The van der Waals surface area contributed by atoms with Gasteiger partial charge in [-0.25, -0.2) is 9.97 Å². The van der Waals surface area contributed by atoms with Gasteiger partial charge in [-0.3, -0.25) is 9.59 Å². The maximum absolute atomic E-state index is 12.2. The number of amides is 2. The first kappa shape index (κ1) is 20.5. The topological polar surface area (TPSA) is 99.2 Å². The Labute approximate surface area is 180 Å². The summed E-state index contributed by atoms with van der Waals surface area (Å²) in [5.74, 6) is 0.226. The summed E-state index contributed by atoms with van der Waals surface area (Å²) in [5.41, 5.74) is 4.45. The lowest BCUT2D eigenvalue weighted by Gasteiger charge is -2.11. The van der Waals surface area contributed by atoms with Crippen LogP contribution in [0, 0.1) is 0 Å². The smallest absolute Gasteiger partial charge is 0.251 e. The molecule has 0 fully saturated rings. The first-order chi connectivity index (χ1) is 15.0. The fraction of sp³-hybridized carbons (Fsp3) is 0.217. The maximum Gasteiger partial charge on any atom is 0.251 e. The minimum absolute atomic E-state index is 0.0880. The molecule has 2 heterocycles. The molecule has 31 heavy (non-hydrogen) atoms. The number of likely N-dealkylation sites (N-methyl/N-ethyl adjacent to an activating group) is 1. The summed E-state index contributed by atoms with van der Waals surface area (Å²) in [5, 5.41) is 8.98. The van der Waals surface area contributed by atoms with Gasteiger partial charge in [-0.05, 0) is 44.4 Å². The van der Waals surface area contributed by atoms with E-state index in [9.17, 15) is 9.59 Å². The SMILES string of the molecule is CN(C)CCNC(=O)c1ccc(Nc2ncc3c(n2)-c2ccccc2NC(=O)C3)cc1. The lowest BCUT2D eigenvalue weighted by atomic mass is 10.1. The Morgan fingerprint density at radius 1 is 1.13 bits per heavy atom. The highest BCUT2D eigenvalue weighted by molar-refractivity contribution is 6.00. The van der Waals surface area contributed by atoms with Crippen molar-refractivity contribution in [2.45, 2.75) is 6.42 Å². The van der Waals surface area contributed by atoms with Gasteiger partial charge in [0, 0.05) is 41.7 Å². The third kappa shape index (κ3) is 4.87. The van der Waals surface area contributed by atoms with E-state index in [4.69, 9.17) is 0 Å². The molecule has 3 aromatic rings. The number of benzene rings is 2. The molecule has 1 aliphatic heterocycles. The average Bonchev–Trinajstić information content (AvgIpc) is 2.89. The van der Waals surface area contributed by atoms with Gasteiger partial charge in [0.1, 0.15) is 0 Å². The summed E-state index contributed by atoms with van der Waals surface area (Å²) in [4.78, 5) is 35.4. The molecule has 4 rings (SSSR count). The molecule has 1 aliphatic rings. The molecule has 8 heteroatoms. The molecular weight excluding hydrogens is 392 g/mol. The normalized spacial score (nSPS) is 12.4. The second-order valence-electron chi connectivity index (χ2n) is 7.60. The van der Waals surface area contributed by atoms with Gasteiger partial charge in [-0.1, -0.05) is 18.2 Å². The summed E-state index contributed by atoms with van der Waals surface area (Å²) >= 11 is 0. The molecule has 2 aromatic carbocycles. The van der Waals surface area contributed by atoms with Crippen molar-refractivity contribution >= 4 is 29.1 Å². The van der Waals surface area contributed by atoms with Crippen LogP contribution in [0.4, 0.5) is 17.3 Å². The zero-order valence-electron chi connectivity index (χ0n) is 17.5. The molecule has 0 saturated carbocycles. The van der Waals surface area contributed by atoms with E-state index < -0.39 is 0 Å². The molecule has 0 unspecified atom stereocenters. The van der Waals surface area contributed by atoms with Crippen LogP contribution in [-0.2, 0) is 11.2 Å². The van der Waals surface area contributed by atoms with Crippen molar-refractivity contribution in [2.75, 3.05) is 37.8 Å². The minimum Gasteiger partial charge on any atom is -0.351 e. The van der Waals surface area contributed by atoms with Crippen LogP contribution >= 0.6 is 0 Å². The van der Waals surface area contributed by atoms with Crippen molar-refractivity contribution in [3.05, 3.63) is 65.9 Å². The van der Waals surface area contributed by atoms with Crippen LogP contribution in [0.2, 0.25) is 0 Å². The van der Waals surface area contributed by atoms with Crippen LogP contribution < -0.4 is 16.0 Å². The number of nitrogens with one attached hydrogen (secondary N) is 3. The minimum atomic E-state index is -0.108. The average molecular weight is 416 g/mol. The molecule has 0 aliphatic carbocycles. The second kappa shape index (κ2) is 8.93. The van der Waals surface area contributed by atoms with Crippen molar-refractivity contribution in [2.24, 2.45) is 0 Å². The number of hydrogen-bond donors (Lipinski definition) is 3. The van der Waals surface area contributed by atoms with Crippen molar-refractivity contribution in [3.8, 4) is 11.3 Å². The number of fused-ring (bicyclic) bond motifs is 3. The monoisotopic (exact) mass is 416 g/mol. The molecule has 0 saturated heterocycles. The molecule has 1 aromatic heterocycles. The van der Waals surface area contributed by atoms with Crippen LogP contribution in [0.5, 0.6) is 0 Å². The highest BCUT2D eigenvalue weighted by Gasteiger charge is 2.20. The molecular formula is C23H24N6O2. The van der Waals surface area contributed by atoms with Crippen LogP contribution in [-0.4, -0.2) is 53.9 Å². The molecule has 158 valence electrons. The van der Waals surface area contributed by atoms with Crippen molar-refractivity contribution in [1.29, 1.82) is 0 Å². The molecule has 2 amide bonds. The molecule has 8 nitrogen and oxygen atoms in total. The van der Waals surface area contributed by atoms with Gasteiger partial charge in [-0.15, -0.1) is 0 Å². The van der Waals surface area contributed by atoms with Crippen LogP contribution in [0.3, 0.4) is 0 Å². The van der Waals surface area contributed by atoms with E-state index in [0.29, 0.717) is 18.1 Å². The Hall–Kier alpha value is -3.78. The zero-order valence-corrected chi connectivity index (χ0v) is 17.5. The van der Waals surface area contributed by atoms with Crippen LogP contribution in [0.15, 0.2) is 54.7 Å². The number of hydrogen-bond acceptors (Lipinski definition) is 6. The van der Waals surface area contributed by atoms with Crippen LogP contribution in [0.25, 0.3) is 11.3 Å². The molecule has 0 bridgehead atoms. The molecule has 3 N–H and O–H groups in total. The van der Waals surface area contributed by atoms with E-state index in [1.807, 2.05) is 55.4 Å². The van der Waals surface area contributed by atoms with E-state index in [2.05, 4.69) is 25.9 Å². The highest BCUT2D eigenvalue weighted by atomic mass is 16.2. The Morgan fingerprint density at radius 2 is 1.90 bits per heavy atom. The van der Waals surface area contributed by atoms with Crippen molar-refractivity contribution < 1.29 is 9.59 Å². The van der Waals surface area contributed by atoms with Gasteiger partial charge in [0.15, 0.2) is 0 Å². The number of rotatable bonds is 6. The molecule has 0 atom stereocenters. The van der Waals surface area contributed by atoms with E-state index in [1.54, 1.807) is 18.3 Å². The summed E-state index contributed by atoms with van der Waals surface area (Å²) in [6, 6.07) is 14.7.